The van der Waals surface area contributed by atoms with Crippen LogP contribution in [0.3, 0.4) is 0 Å². The third-order valence-electron chi connectivity index (χ3n) is 4.54. The molecule has 0 aliphatic heterocycles. The van der Waals surface area contributed by atoms with Gasteiger partial charge in [0.05, 0.1) is 11.5 Å². The largest absolute Gasteiger partial charge is 0.489 e. The van der Waals surface area contributed by atoms with Gasteiger partial charge in [-0.3, -0.25) is 4.79 Å². The lowest BCUT2D eigenvalue weighted by molar-refractivity contribution is 0.102. The predicted octanol–water partition coefficient (Wildman–Crippen LogP) is 4.92. The SMILES string of the molecule is CCc1ccsc1C(=O)Nc1ncccc1OCC1CCCCC1. The van der Waals surface area contributed by atoms with E-state index in [1.807, 2.05) is 23.6 Å². The van der Waals surface area contributed by atoms with Gasteiger partial charge >= 0.3 is 0 Å². The zero-order valence-corrected chi connectivity index (χ0v) is 14.9. The third kappa shape index (κ3) is 4.15. The fourth-order valence-electron chi connectivity index (χ4n) is 3.14. The van der Waals surface area contributed by atoms with Crippen LogP contribution in [0, 0.1) is 5.92 Å². The molecule has 1 N–H and O–H groups in total. The van der Waals surface area contributed by atoms with Gasteiger partial charge in [-0.05, 0) is 54.3 Å². The number of carbonyl (C=O) groups excluding carboxylic acids is 1. The number of aryl methyl sites for hydroxylation is 1. The number of hydrogen-bond donors (Lipinski definition) is 1. The number of rotatable bonds is 6. The highest BCUT2D eigenvalue weighted by Gasteiger charge is 2.17. The molecule has 4 nitrogen and oxygen atoms in total. The van der Waals surface area contributed by atoms with E-state index in [-0.39, 0.29) is 5.91 Å². The Morgan fingerprint density at radius 1 is 1.33 bits per heavy atom. The molecule has 0 atom stereocenters. The highest BCUT2D eigenvalue weighted by Crippen LogP contribution is 2.28. The summed E-state index contributed by atoms with van der Waals surface area (Å²) in [5.74, 6) is 1.68. The highest BCUT2D eigenvalue weighted by molar-refractivity contribution is 7.12. The van der Waals surface area contributed by atoms with Crippen LogP contribution in [0.4, 0.5) is 5.82 Å². The number of hydrogen-bond acceptors (Lipinski definition) is 4. The number of thiophene rings is 1. The zero-order chi connectivity index (χ0) is 16.8. The second kappa shape index (κ2) is 8.29. The van der Waals surface area contributed by atoms with E-state index < -0.39 is 0 Å². The van der Waals surface area contributed by atoms with Gasteiger partial charge in [0.15, 0.2) is 11.6 Å². The van der Waals surface area contributed by atoms with Gasteiger partial charge in [-0.1, -0.05) is 26.2 Å². The van der Waals surface area contributed by atoms with Gasteiger partial charge in [-0.15, -0.1) is 11.3 Å². The lowest BCUT2D eigenvalue weighted by Gasteiger charge is -2.22. The predicted molar refractivity (Wildman–Crippen MR) is 98.0 cm³/mol. The number of aromatic nitrogens is 1. The van der Waals surface area contributed by atoms with Gasteiger partial charge in [0.1, 0.15) is 0 Å². The maximum atomic E-state index is 12.5. The highest BCUT2D eigenvalue weighted by atomic mass is 32.1. The van der Waals surface area contributed by atoms with E-state index >= 15 is 0 Å². The Morgan fingerprint density at radius 3 is 2.96 bits per heavy atom. The zero-order valence-electron chi connectivity index (χ0n) is 14.1. The smallest absolute Gasteiger partial charge is 0.267 e. The Balaban J connectivity index is 1.66. The second-order valence-electron chi connectivity index (χ2n) is 6.25. The van der Waals surface area contributed by atoms with E-state index in [4.69, 9.17) is 4.74 Å². The molecule has 0 bridgehead atoms. The monoisotopic (exact) mass is 344 g/mol. The summed E-state index contributed by atoms with van der Waals surface area (Å²) < 4.78 is 5.98. The summed E-state index contributed by atoms with van der Waals surface area (Å²) in [5, 5.41) is 4.86. The summed E-state index contributed by atoms with van der Waals surface area (Å²) in [7, 11) is 0. The number of pyridine rings is 1. The molecule has 2 aromatic heterocycles. The van der Waals surface area contributed by atoms with Crippen LogP contribution in [-0.4, -0.2) is 17.5 Å². The maximum Gasteiger partial charge on any atom is 0.267 e. The Kier molecular flexibility index (Phi) is 5.86. The summed E-state index contributed by atoms with van der Waals surface area (Å²) in [4.78, 5) is 17.6. The molecule has 0 unspecified atom stereocenters. The summed E-state index contributed by atoms with van der Waals surface area (Å²) in [5.41, 5.74) is 1.07. The molecule has 3 rings (SSSR count). The van der Waals surface area contributed by atoms with E-state index in [0.717, 1.165) is 16.9 Å². The van der Waals surface area contributed by atoms with Crippen molar-refractivity contribution in [3.63, 3.8) is 0 Å². The van der Waals surface area contributed by atoms with Crippen LogP contribution in [0.15, 0.2) is 29.8 Å². The second-order valence-corrected chi connectivity index (χ2v) is 7.16. The Bertz CT molecular complexity index is 678. The van der Waals surface area contributed by atoms with E-state index in [0.29, 0.717) is 24.1 Å². The molecule has 24 heavy (non-hydrogen) atoms. The molecule has 1 saturated carbocycles. The van der Waals surface area contributed by atoms with Crippen LogP contribution in [0.2, 0.25) is 0 Å². The lowest BCUT2D eigenvalue weighted by Crippen LogP contribution is -2.17. The molecule has 1 aliphatic carbocycles. The van der Waals surface area contributed by atoms with Crippen molar-refractivity contribution < 1.29 is 9.53 Å². The summed E-state index contributed by atoms with van der Waals surface area (Å²) >= 11 is 1.46. The first-order valence-corrected chi connectivity index (χ1v) is 9.61. The van der Waals surface area contributed by atoms with Gasteiger partial charge in [-0.2, -0.15) is 0 Å². The van der Waals surface area contributed by atoms with Gasteiger partial charge in [0.2, 0.25) is 0 Å². The minimum absolute atomic E-state index is 0.108. The van der Waals surface area contributed by atoms with Crippen molar-refractivity contribution in [3.8, 4) is 5.75 Å². The molecule has 0 saturated heterocycles. The normalized spacial score (nSPS) is 15.2. The molecule has 128 valence electrons. The van der Waals surface area contributed by atoms with Crippen LogP contribution >= 0.6 is 11.3 Å². The van der Waals surface area contributed by atoms with Crippen molar-refractivity contribution >= 4 is 23.1 Å². The number of ether oxygens (including phenoxy) is 1. The van der Waals surface area contributed by atoms with E-state index in [1.165, 1.54) is 43.4 Å². The molecule has 2 aromatic rings. The number of nitrogens with zero attached hydrogens (tertiary/aromatic N) is 1. The molecule has 0 spiro atoms. The van der Waals surface area contributed by atoms with Crippen molar-refractivity contribution in [3.05, 3.63) is 40.2 Å². The van der Waals surface area contributed by atoms with Crippen LogP contribution in [0.5, 0.6) is 5.75 Å². The molecule has 1 aliphatic rings. The van der Waals surface area contributed by atoms with Crippen LogP contribution in [0.25, 0.3) is 0 Å². The molecule has 1 amide bonds. The molecular formula is C19H24N2O2S. The summed E-state index contributed by atoms with van der Waals surface area (Å²) in [6, 6.07) is 5.72. The van der Waals surface area contributed by atoms with Gasteiger partial charge in [-0.25, -0.2) is 4.98 Å². The first-order valence-electron chi connectivity index (χ1n) is 8.73. The van der Waals surface area contributed by atoms with E-state index in [1.54, 1.807) is 6.20 Å². The number of nitrogens with one attached hydrogen (secondary N) is 1. The minimum Gasteiger partial charge on any atom is -0.489 e. The van der Waals surface area contributed by atoms with Crippen molar-refractivity contribution in [1.29, 1.82) is 0 Å². The Morgan fingerprint density at radius 2 is 2.17 bits per heavy atom. The number of carbonyl (C=O) groups is 1. The van der Waals surface area contributed by atoms with Crippen molar-refractivity contribution in [2.75, 3.05) is 11.9 Å². The quantitative estimate of drug-likeness (QED) is 0.809. The fraction of sp³-hybridized carbons (Fsp3) is 0.474. The maximum absolute atomic E-state index is 12.5. The molecule has 5 heteroatoms. The minimum atomic E-state index is -0.108. The molecule has 1 fully saturated rings. The molecular weight excluding hydrogens is 320 g/mol. The number of anilines is 1. The topological polar surface area (TPSA) is 51.2 Å². The van der Waals surface area contributed by atoms with Gasteiger partial charge in [0, 0.05) is 6.20 Å². The summed E-state index contributed by atoms with van der Waals surface area (Å²) in [6.45, 7) is 2.76. The van der Waals surface area contributed by atoms with Crippen LogP contribution in [0.1, 0.15) is 54.3 Å². The van der Waals surface area contributed by atoms with Crippen molar-refractivity contribution in [1.82, 2.24) is 4.98 Å². The fourth-order valence-corrected chi connectivity index (χ4v) is 4.03. The average molecular weight is 344 g/mol. The van der Waals surface area contributed by atoms with Crippen molar-refractivity contribution in [2.45, 2.75) is 45.4 Å². The summed E-state index contributed by atoms with van der Waals surface area (Å²) in [6.07, 6.45) is 8.92. The number of amides is 1. The Labute approximate surface area is 147 Å². The lowest BCUT2D eigenvalue weighted by atomic mass is 9.90. The Hall–Kier alpha value is -1.88. The van der Waals surface area contributed by atoms with Crippen molar-refractivity contribution in [2.24, 2.45) is 5.92 Å². The molecule has 0 aromatic carbocycles. The average Bonchev–Trinajstić information content (AvgIpc) is 3.11. The van der Waals surface area contributed by atoms with E-state index in [2.05, 4.69) is 17.2 Å². The van der Waals surface area contributed by atoms with Crippen LogP contribution in [-0.2, 0) is 6.42 Å². The molecule has 0 radical (unpaired) electrons. The van der Waals surface area contributed by atoms with Crippen LogP contribution < -0.4 is 10.1 Å². The van der Waals surface area contributed by atoms with E-state index in [9.17, 15) is 4.79 Å². The third-order valence-corrected chi connectivity index (χ3v) is 5.49. The van der Waals surface area contributed by atoms with Gasteiger partial charge < -0.3 is 10.1 Å². The first-order chi connectivity index (χ1) is 11.8. The standard InChI is InChI=1S/C19H24N2O2S/c1-2-15-10-12-24-17(15)19(22)21-18-16(9-6-11-20-18)23-13-14-7-4-3-5-8-14/h6,9-12,14H,2-5,7-8,13H2,1H3,(H,20,21,22). The molecule has 2 heterocycles. The first kappa shape index (κ1) is 17.0. The van der Waals surface area contributed by atoms with Gasteiger partial charge in [0.25, 0.3) is 5.91 Å².